The van der Waals surface area contributed by atoms with Crippen molar-refractivity contribution in [1.29, 1.82) is 0 Å². The van der Waals surface area contributed by atoms with Gasteiger partial charge in [0.25, 0.3) is 0 Å². The second-order valence-corrected chi connectivity index (χ2v) is 4.26. The van der Waals surface area contributed by atoms with E-state index in [1.807, 2.05) is 31.4 Å². The van der Waals surface area contributed by atoms with Crippen LogP contribution in [0.4, 0.5) is 0 Å². The average Bonchev–Trinajstić information content (AvgIpc) is 3.01. The van der Waals surface area contributed by atoms with Gasteiger partial charge >= 0.3 is 0 Å². The number of hydrogen-bond donors (Lipinski definition) is 1. The van der Waals surface area contributed by atoms with Crippen LogP contribution in [0.15, 0.2) is 35.6 Å². The molecule has 0 saturated carbocycles. The van der Waals surface area contributed by atoms with E-state index in [0.29, 0.717) is 23.8 Å². The lowest BCUT2D eigenvalue weighted by atomic mass is 10.1. The maximum atomic E-state index is 8.80. The molecule has 1 N–H and O–H groups in total. The van der Waals surface area contributed by atoms with E-state index in [0.717, 1.165) is 11.3 Å². The van der Waals surface area contributed by atoms with Gasteiger partial charge < -0.3 is 14.7 Å². The van der Waals surface area contributed by atoms with Crippen molar-refractivity contribution in [2.45, 2.75) is 6.61 Å². The Hall–Kier alpha value is -2.50. The molecule has 0 atom stereocenters. The highest BCUT2D eigenvalue weighted by atomic mass is 16.5. The number of aryl methyl sites for hydroxylation is 1. The molecule has 0 spiro atoms. The van der Waals surface area contributed by atoms with Gasteiger partial charge in [-0.2, -0.15) is 5.10 Å². The molecule has 6 heteroatoms. The third-order valence-electron chi connectivity index (χ3n) is 2.90. The van der Waals surface area contributed by atoms with Crippen LogP contribution in [0.5, 0.6) is 11.5 Å². The zero-order valence-electron chi connectivity index (χ0n) is 10.4. The maximum absolute atomic E-state index is 8.80. The summed E-state index contributed by atoms with van der Waals surface area (Å²) in [6, 6.07) is 7.34. The smallest absolute Gasteiger partial charge is 0.134 e. The minimum atomic E-state index is 0.287. The van der Waals surface area contributed by atoms with Crippen LogP contribution in [0.25, 0.3) is 0 Å². The fourth-order valence-electron chi connectivity index (χ4n) is 1.95. The number of benzene rings is 1. The number of aromatic nitrogens is 2. The second kappa shape index (κ2) is 4.64. The summed E-state index contributed by atoms with van der Waals surface area (Å²) in [4.78, 5) is 0. The van der Waals surface area contributed by atoms with Crippen LogP contribution in [0, 0.1) is 0 Å². The van der Waals surface area contributed by atoms with Gasteiger partial charge in [0.1, 0.15) is 30.4 Å². The Balaban J connectivity index is 1.73. The molecule has 19 heavy (non-hydrogen) atoms. The van der Waals surface area contributed by atoms with E-state index in [9.17, 15) is 0 Å². The van der Waals surface area contributed by atoms with Gasteiger partial charge in [0.05, 0.1) is 5.69 Å². The Morgan fingerprint density at radius 1 is 1.47 bits per heavy atom. The first-order valence-electron chi connectivity index (χ1n) is 5.86. The van der Waals surface area contributed by atoms with Crippen LogP contribution < -0.4 is 9.47 Å². The molecule has 98 valence electrons. The molecule has 0 unspecified atom stereocenters. The van der Waals surface area contributed by atoms with Crippen molar-refractivity contribution < 1.29 is 14.7 Å². The monoisotopic (exact) mass is 259 g/mol. The van der Waals surface area contributed by atoms with Crippen molar-refractivity contribution in [2.24, 2.45) is 12.2 Å². The molecule has 0 bridgehead atoms. The molecule has 3 rings (SSSR count). The molecule has 2 heterocycles. The fraction of sp³-hybridized carbons (Fsp3) is 0.231. The highest BCUT2D eigenvalue weighted by Gasteiger charge is 2.20. The van der Waals surface area contributed by atoms with Crippen molar-refractivity contribution in [3.63, 3.8) is 0 Å². The molecule has 1 aliphatic rings. The third kappa shape index (κ3) is 2.24. The molecular formula is C13H13N3O3. The van der Waals surface area contributed by atoms with Crippen LogP contribution in [0.2, 0.25) is 0 Å². The normalized spacial score (nSPS) is 15.3. The average molecular weight is 259 g/mol. The van der Waals surface area contributed by atoms with Gasteiger partial charge in [0, 0.05) is 24.9 Å². The van der Waals surface area contributed by atoms with Gasteiger partial charge in [-0.25, -0.2) is 0 Å². The van der Waals surface area contributed by atoms with E-state index < -0.39 is 0 Å². The molecule has 1 aliphatic heterocycles. The first-order chi connectivity index (χ1) is 9.26. The van der Waals surface area contributed by atoms with Gasteiger partial charge in [0.15, 0.2) is 0 Å². The summed E-state index contributed by atoms with van der Waals surface area (Å²) >= 11 is 0. The molecule has 2 aromatic rings. The number of fused-ring (bicyclic) bond motifs is 1. The third-order valence-corrected chi connectivity index (χ3v) is 2.90. The summed E-state index contributed by atoms with van der Waals surface area (Å²) in [7, 11) is 1.86. The highest BCUT2D eigenvalue weighted by molar-refractivity contribution is 6.05. The summed E-state index contributed by atoms with van der Waals surface area (Å²) in [6.07, 6.45) is 1.87. The molecule has 0 saturated heterocycles. The summed E-state index contributed by atoms with van der Waals surface area (Å²) in [5.41, 5.74) is 2.19. The largest absolute Gasteiger partial charge is 0.487 e. The van der Waals surface area contributed by atoms with E-state index in [1.165, 1.54) is 0 Å². The van der Waals surface area contributed by atoms with Crippen molar-refractivity contribution in [3.05, 3.63) is 41.7 Å². The Kier molecular flexibility index (Phi) is 2.83. The van der Waals surface area contributed by atoms with E-state index in [1.54, 1.807) is 10.7 Å². The standard InChI is InChI=1S/C13H13N3O3/c1-16-5-4-9(14-16)7-18-10-2-3-11-12(15-17)8-19-13(11)6-10/h2-6,17H,7-8H2,1H3/b15-12+. The molecule has 1 aromatic carbocycles. The summed E-state index contributed by atoms with van der Waals surface area (Å²) < 4.78 is 12.8. The predicted octanol–water partition coefficient (Wildman–Crippen LogP) is 1.57. The Labute approximate surface area is 109 Å². The lowest BCUT2D eigenvalue weighted by Crippen LogP contribution is -2.01. The number of nitrogens with zero attached hydrogens (tertiary/aromatic N) is 3. The van der Waals surface area contributed by atoms with Crippen molar-refractivity contribution >= 4 is 5.71 Å². The maximum Gasteiger partial charge on any atom is 0.134 e. The van der Waals surface area contributed by atoms with Crippen molar-refractivity contribution in [2.75, 3.05) is 6.61 Å². The van der Waals surface area contributed by atoms with Gasteiger partial charge in [0.2, 0.25) is 0 Å². The van der Waals surface area contributed by atoms with E-state index in [-0.39, 0.29) is 6.61 Å². The Bertz CT molecular complexity index is 634. The zero-order chi connectivity index (χ0) is 13.2. The van der Waals surface area contributed by atoms with Crippen LogP contribution >= 0.6 is 0 Å². The van der Waals surface area contributed by atoms with Gasteiger partial charge in [-0.15, -0.1) is 0 Å². The van der Waals surface area contributed by atoms with Gasteiger partial charge in [-0.3, -0.25) is 4.68 Å². The molecule has 0 aliphatic carbocycles. The van der Waals surface area contributed by atoms with Crippen molar-refractivity contribution in [1.82, 2.24) is 9.78 Å². The zero-order valence-corrected chi connectivity index (χ0v) is 10.4. The number of oxime groups is 1. The second-order valence-electron chi connectivity index (χ2n) is 4.26. The van der Waals surface area contributed by atoms with Crippen LogP contribution in [0.3, 0.4) is 0 Å². The first kappa shape index (κ1) is 11.6. The van der Waals surface area contributed by atoms with E-state index in [2.05, 4.69) is 10.3 Å². The minimum Gasteiger partial charge on any atom is -0.487 e. The lowest BCUT2D eigenvalue weighted by molar-refractivity contribution is 0.297. The van der Waals surface area contributed by atoms with Gasteiger partial charge in [-0.05, 0) is 18.2 Å². The molecule has 0 amide bonds. The molecule has 6 nitrogen and oxygen atoms in total. The molecular weight excluding hydrogens is 246 g/mol. The minimum absolute atomic E-state index is 0.287. The van der Waals surface area contributed by atoms with Crippen LogP contribution in [0.1, 0.15) is 11.3 Å². The first-order valence-corrected chi connectivity index (χ1v) is 5.86. The lowest BCUT2D eigenvalue weighted by Gasteiger charge is -2.05. The highest BCUT2D eigenvalue weighted by Crippen LogP contribution is 2.30. The summed E-state index contributed by atoms with van der Waals surface area (Å²) in [6.45, 7) is 0.691. The Morgan fingerprint density at radius 2 is 2.37 bits per heavy atom. The number of rotatable bonds is 3. The van der Waals surface area contributed by atoms with Crippen LogP contribution in [-0.4, -0.2) is 27.3 Å². The number of ether oxygens (including phenoxy) is 2. The summed E-state index contributed by atoms with van der Waals surface area (Å²) in [5.74, 6) is 1.37. The molecule has 0 radical (unpaired) electrons. The van der Waals surface area contributed by atoms with E-state index in [4.69, 9.17) is 14.7 Å². The predicted molar refractivity (Wildman–Crippen MR) is 67.8 cm³/mol. The molecule has 1 aromatic heterocycles. The van der Waals surface area contributed by atoms with Gasteiger partial charge in [-0.1, -0.05) is 5.16 Å². The van der Waals surface area contributed by atoms with E-state index >= 15 is 0 Å². The fourth-order valence-corrected chi connectivity index (χ4v) is 1.95. The molecule has 0 fully saturated rings. The summed E-state index contributed by atoms with van der Waals surface area (Å²) in [5, 5.41) is 16.2. The topological polar surface area (TPSA) is 68.9 Å². The SMILES string of the molecule is Cn1ccc(COc2ccc3c(c2)OC/C3=N\O)n1. The van der Waals surface area contributed by atoms with Crippen molar-refractivity contribution in [3.8, 4) is 11.5 Å². The number of hydrogen-bond acceptors (Lipinski definition) is 5. The van der Waals surface area contributed by atoms with Crippen LogP contribution in [-0.2, 0) is 13.7 Å². The quantitative estimate of drug-likeness (QED) is 0.671. The Morgan fingerprint density at radius 3 is 3.11 bits per heavy atom.